The van der Waals surface area contributed by atoms with Crippen molar-refractivity contribution in [3.8, 4) is 0 Å². The third kappa shape index (κ3) is 7.65. The Balaban J connectivity index is 0.00000364. The number of aromatic nitrogens is 3. The maximum atomic E-state index is 13.4. The van der Waals surface area contributed by atoms with Gasteiger partial charge in [0, 0.05) is 27.2 Å². The van der Waals surface area contributed by atoms with E-state index in [0.29, 0.717) is 13.1 Å². The first kappa shape index (κ1) is 23.7. The quantitative estimate of drug-likeness (QED) is 0.258. The number of nitrogens with zero attached hydrogens (tertiary/aromatic N) is 5. The summed E-state index contributed by atoms with van der Waals surface area (Å²) in [6, 6.07) is 6.64. The molecule has 0 unspecified atom stereocenters. The van der Waals surface area contributed by atoms with Crippen molar-refractivity contribution < 1.29 is 4.39 Å². The monoisotopic (exact) mass is 506 g/mol. The fraction of sp³-hybridized carbons (Fsp3) is 0.500. The van der Waals surface area contributed by atoms with Gasteiger partial charge in [-0.2, -0.15) is 11.8 Å². The number of aryl methyl sites for hydroxylation is 1. The van der Waals surface area contributed by atoms with Gasteiger partial charge in [0.05, 0.1) is 0 Å². The van der Waals surface area contributed by atoms with Crippen LogP contribution in [0.3, 0.4) is 0 Å². The van der Waals surface area contributed by atoms with Crippen molar-refractivity contribution in [1.82, 2.24) is 25.0 Å². The molecule has 2 aromatic rings. The highest BCUT2D eigenvalue weighted by Gasteiger charge is 2.10. The normalized spacial score (nSPS) is 11.2. The van der Waals surface area contributed by atoms with E-state index in [1.54, 1.807) is 12.1 Å². The summed E-state index contributed by atoms with van der Waals surface area (Å²) in [6.45, 7) is 3.77. The zero-order valence-corrected chi connectivity index (χ0v) is 19.4. The average Bonchev–Trinajstić information content (AvgIpc) is 2.93. The SMILES string of the molecule is CSCCCNC(=NCc1nnc(C)n1C)N(C)Cc1cccc(F)c1.I. The molecule has 0 amide bonds. The van der Waals surface area contributed by atoms with E-state index in [1.807, 2.05) is 48.3 Å². The van der Waals surface area contributed by atoms with Gasteiger partial charge >= 0.3 is 0 Å². The van der Waals surface area contributed by atoms with E-state index in [9.17, 15) is 4.39 Å². The minimum Gasteiger partial charge on any atom is -0.356 e. The lowest BCUT2D eigenvalue weighted by Gasteiger charge is -2.22. The van der Waals surface area contributed by atoms with E-state index in [1.165, 1.54) is 6.07 Å². The Morgan fingerprint density at radius 2 is 2.15 bits per heavy atom. The fourth-order valence-corrected chi connectivity index (χ4v) is 2.88. The average molecular weight is 506 g/mol. The van der Waals surface area contributed by atoms with Gasteiger partial charge in [0.2, 0.25) is 0 Å². The number of benzene rings is 1. The molecule has 0 aliphatic heterocycles. The van der Waals surface area contributed by atoms with Crippen LogP contribution in [0.15, 0.2) is 29.3 Å². The third-order valence-corrected chi connectivity index (χ3v) is 4.73. The molecule has 0 radical (unpaired) electrons. The second-order valence-corrected chi connectivity index (χ2v) is 7.11. The third-order valence-electron chi connectivity index (χ3n) is 4.03. The van der Waals surface area contributed by atoms with E-state index in [0.717, 1.165) is 41.9 Å². The zero-order chi connectivity index (χ0) is 18.9. The van der Waals surface area contributed by atoms with Gasteiger partial charge in [-0.1, -0.05) is 12.1 Å². The number of hydrogen-bond donors (Lipinski definition) is 1. The highest BCUT2D eigenvalue weighted by molar-refractivity contribution is 14.0. The highest BCUT2D eigenvalue weighted by atomic mass is 127. The molecule has 0 saturated carbocycles. The Labute approximate surface area is 182 Å². The molecule has 0 spiro atoms. The first-order chi connectivity index (χ1) is 12.5. The minimum absolute atomic E-state index is 0. The molecular weight excluding hydrogens is 478 g/mol. The number of aliphatic imine (C=N–C) groups is 1. The van der Waals surface area contributed by atoms with Gasteiger partial charge in [0.1, 0.15) is 18.2 Å². The fourth-order valence-electron chi connectivity index (χ4n) is 2.45. The van der Waals surface area contributed by atoms with Crippen LogP contribution in [0.25, 0.3) is 0 Å². The van der Waals surface area contributed by atoms with Crippen LogP contribution in [0.1, 0.15) is 23.6 Å². The Morgan fingerprint density at radius 3 is 2.78 bits per heavy atom. The molecule has 0 saturated heterocycles. The van der Waals surface area contributed by atoms with Gasteiger partial charge in [-0.25, -0.2) is 9.38 Å². The molecule has 9 heteroatoms. The molecule has 6 nitrogen and oxygen atoms in total. The minimum atomic E-state index is -0.225. The number of hydrogen-bond acceptors (Lipinski definition) is 4. The number of nitrogens with one attached hydrogen (secondary N) is 1. The molecule has 1 heterocycles. The van der Waals surface area contributed by atoms with Crippen LogP contribution in [0.5, 0.6) is 0 Å². The predicted octanol–water partition coefficient (Wildman–Crippen LogP) is 3.21. The van der Waals surface area contributed by atoms with Gasteiger partial charge < -0.3 is 14.8 Å². The smallest absolute Gasteiger partial charge is 0.194 e. The maximum absolute atomic E-state index is 13.4. The van der Waals surface area contributed by atoms with Crippen molar-refractivity contribution in [2.45, 2.75) is 26.4 Å². The molecule has 0 bridgehead atoms. The van der Waals surface area contributed by atoms with E-state index >= 15 is 0 Å². The number of halogens is 2. The van der Waals surface area contributed by atoms with Crippen LogP contribution in [0.2, 0.25) is 0 Å². The first-order valence-corrected chi connectivity index (χ1v) is 9.98. The van der Waals surface area contributed by atoms with Crippen LogP contribution in [-0.4, -0.2) is 51.2 Å². The predicted molar refractivity (Wildman–Crippen MR) is 121 cm³/mol. The number of rotatable bonds is 8. The lowest BCUT2D eigenvalue weighted by Crippen LogP contribution is -2.39. The Bertz CT molecular complexity index is 736. The van der Waals surface area contributed by atoms with Crippen LogP contribution >= 0.6 is 35.7 Å². The van der Waals surface area contributed by atoms with E-state index in [-0.39, 0.29) is 29.8 Å². The summed E-state index contributed by atoms with van der Waals surface area (Å²) in [5, 5.41) is 11.6. The highest BCUT2D eigenvalue weighted by Crippen LogP contribution is 2.07. The molecule has 27 heavy (non-hydrogen) atoms. The van der Waals surface area contributed by atoms with E-state index in [2.05, 4.69) is 21.8 Å². The van der Waals surface area contributed by atoms with Crippen molar-refractivity contribution in [3.63, 3.8) is 0 Å². The molecule has 1 N–H and O–H groups in total. The molecule has 1 aromatic heterocycles. The van der Waals surface area contributed by atoms with Gasteiger partial charge in [0.15, 0.2) is 11.8 Å². The molecule has 2 rings (SSSR count). The Morgan fingerprint density at radius 1 is 1.37 bits per heavy atom. The molecule has 0 atom stereocenters. The summed E-state index contributed by atoms with van der Waals surface area (Å²) >= 11 is 1.82. The van der Waals surface area contributed by atoms with E-state index in [4.69, 9.17) is 4.99 Å². The summed E-state index contributed by atoms with van der Waals surface area (Å²) in [5.74, 6) is 3.31. The first-order valence-electron chi connectivity index (χ1n) is 8.59. The molecule has 150 valence electrons. The van der Waals surface area contributed by atoms with Crippen molar-refractivity contribution in [2.75, 3.05) is 25.6 Å². The Kier molecular flexibility index (Phi) is 10.7. The van der Waals surface area contributed by atoms with E-state index < -0.39 is 0 Å². The summed E-state index contributed by atoms with van der Waals surface area (Å²) in [4.78, 5) is 6.69. The van der Waals surface area contributed by atoms with Crippen molar-refractivity contribution in [2.24, 2.45) is 12.0 Å². The molecular formula is C18H28FIN6S. The number of guanidine groups is 1. The van der Waals surface area contributed by atoms with Crippen LogP contribution < -0.4 is 5.32 Å². The topological polar surface area (TPSA) is 58.3 Å². The largest absolute Gasteiger partial charge is 0.356 e. The van der Waals surface area contributed by atoms with Gasteiger partial charge in [-0.3, -0.25) is 0 Å². The summed E-state index contributed by atoms with van der Waals surface area (Å²) < 4.78 is 15.4. The summed E-state index contributed by atoms with van der Waals surface area (Å²) in [6.07, 6.45) is 3.15. The van der Waals surface area contributed by atoms with Crippen LogP contribution in [0.4, 0.5) is 4.39 Å². The van der Waals surface area contributed by atoms with Gasteiger partial charge in [-0.15, -0.1) is 34.2 Å². The lowest BCUT2D eigenvalue weighted by atomic mass is 10.2. The van der Waals surface area contributed by atoms with Crippen LogP contribution in [0, 0.1) is 12.7 Å². The van der Waals surface area contributed by atoms with Crippen molar-refractivity contribution in [3.05, 3.63) is 47.3 Å². The second kappa shape index (κ2) is 12.2. The lowest BCUT2D eigenvalue weighted by molar-refractivity contribution is 0.472. The standard InChI is InChI=1S/C18H27FN6S.HI/c1-14-22-23-17(25(14)3)12-21-18(20-9-6-10-26-4)24(2)13-15-7-5-8-16(19)11-15;/h5,7-8,11H,6,9-10,12-13H2,1-4H3,(H,20,21);1H. The molecule has 0 aliphatic rings. The molecule has 1 aromatic carbocycles. The zero-order valence-electron chi connectivity index (χ0n) is 16.3. The van der Waals surface area contributed by atoms with Gasteiger partial charge in [-0.05, 0) is 43.0 Å². The molecule has 0 aliphatic carbocycles. The number of thioether (sulfide) groups is 1. The van der Waals surface area contributed by atoms with Crippen LogP contribution in [-0.2, 0) is 20.1 Å². The summed E-state index contributed by atoms with van der Waals surface area (Å²) in [5.41, 5.74) is 0.903. The maximum Gasteiger partial charge on any atom is 0.194 e. The second-order valence-electron chi connectivity index (χ2n) is 6.12. The molecule has 0 fully saturated rings. The van der Waals surface area contributed by atoms with Crippen molar-refractivity contribution in [1.29, 1.82) is 0 Å². The van der Waals surface area contributed by atoms with Gasteiger partial charge in [0.25, 0.3) is 0 Å². The Hall–Kier alpha value is -1.36. The summed E-state index contributed by atoms with van der Waals surface area (Å²) in [7, 11) is 3.88. The van der Waals surface area contributed by atoms with Crippen molar-refractivity contribution >= 4 is 41.7 Å².